The van der Waals surface area contributed by atoms with Crippen molar-refractivity contribution in [1.29, 1.82) is 0 Å². The van der Waals surface area contributed by atoms with Crippen molar-refractivity contribution in [1.82, 2.24) is 0 Å². The first-order valence-electron chi connectivity index (χ1n) is 16.8. The Morgan fingerprint density at radius 1 is 0.472 bits per heavy atom. The van der Waals surface area contributed by atoms with Crippen LogP contribution in [0.5, 0.6) is 0 Å². The lowest BCUT2D eigenvalue weighted by atomic mass is 9.94. The molecule has 2 atom stereocenters. The van der Waals surface area contributed by atoms with Crippen LogP contribution in [0, 0.1) is 11.8 Å². The van der Waals surface area contributed by atoms with E-state index in [-0.39, 0.29) is 11.9 Å². The maximum atomic E-state index is 12.4. The molecule has 0 radical (unpaired) electrons. The highest BCUT2D eigenvalue weighted by Crippen LogP contribution is 2.21. The Kier molecular flexibility index (Phi) is 28.6. The molecule has 0 fully saturated rings. The maximum absolute atomic E-state index is 12.4. The van der Waals surface area contributed by atoms with E-state index in [9.17, 15) is 4.79 Å². The van der Waals surface area contributed by atoms with E-state index >= 15 is 0 Å². The summed E-state index contributed by atoms with van der Waals surface area (Å²) in [4.78, 5) is 12.4. The van der Waals surface area contributed by atoms with E-state index < -0.39 is 0 Å². The van der Waals surface area contributed by atoms with Crippen molar-refractivity contribution in [2.45, 2.75) is 195 Å². The molecular weight excluding hydrogens is 440 g/mol. The molecule has 0 aromatic heterocycles. The minimum absolute atomic E-state index is 0.0368. The molecule has 2 nitrogen and oxygen atoms in total. The Morgan fingerprint density at radius 3 is 1.17 bits per heavy atom. The average molecular weight is 509 g/mol. The number of unbranched alkanes of at least 4 members (excludes halogenated alkanes) is 20. The number of hydrogen-bond acceptors (Lipinski definition) is 2. The monoisotopic (exact) mass is 509 g/mol. The van der Waals surface area contributed by atoms with Crippen molar-refractivity contribution in [3.63, 3.8) is 0 Å². The number of carbonyl (C=O) groups is 1. The van der Waals surface area contributed by atoms with E-state index in [1.807, 2.05) is 6.92 Å². The molecule has 0 aliphatic carbocycles. The lowest BCUT2D eigenvalue weighted by Gasteiger charge is -2.19. The highest BCUT2D eigenvalue weighted by molar-refractivity contribution is 5.71. The Labute approximate surface area is 228 Å². The second-order valence-corrected chi connectivity index (χ2v) is 11.8. The van der Waals surface area contributed by atoms with Crippen LogP contribution < -0.4 is 0 Å². The van der Waals surface area contributed by atoms with Crippen LogP contribution in [0.2, 0.25) is 0 Å². The third-order valence-electron chi connectivity index (χ3n) is 8.04. The van der Waals surface area contributed by atoms with Crippen LogP contribution >= 0.6 is 0 Å². The van der Waals surface area contributed by atoms with Gasteiger partial charge in [-0.05, 0) is 25.2 Å². The molecule has 0 amide bonds. The van der Waals surface area contributed by atoms with Gasteiger partial charge in [-0.2, -0.15) is 0 Å². The quantitative estimate of drug-likeness (QED) is 0.0741. The van der Waals surface area contributed by atoms with Gasteiger partial charge < -0.3 is 4.74 Å². The SMILES string of the molecule is CCCCCCCCCCCCCCCC(CCCCCCCCCC)COC(=O)C(C)CCCC. The van der Waals surface area contributed by atoms with Gasteiger partial charge in [0, 0.05) is 0 Å². The summed E-state index contributed by atoms with van der Waals surface area (Å²) in [6.07, 6.45) is 35.0. The lowest BCUT2D eigenvalue weighted by molar-refractivity contribution is -0.149. The summed E-state index contributed by atoms with van der Waals surface area (Å²) in [6.45, 7) is 9.46. The Morgan fingerprint density at radius 2 is 0.806 bits per heavy atom. The fourth-order valence-electron chi connectivity index (χ4n) is 5.30. The summed E-state index contributed by atoms with van der Waals surface area (Å²) in [5, 5.41) is 0. The number of carbonyl (C=O) groups excluding carboxylic acids is 1. The first kappa shape index (κ1) is 35.5. The Bertz CT molecular complexity index is 433. The van der Waals surface area contributed by atoms with Gasteiger partial charge in [0.15, 0.2) is 0 Å². The molecule has 0 aromatic rings. The molecule has 0 aliphatic rings. The van der Waals surface area contributed by atoms with Gasteiger partial charge in [-0.3, -0.25) is 4.79 Å². The van der Waals surface area contributed by atoms with E-state index in [0.717, 1.165) is 19.3 Å². The van der Waals surface area contributed by atoms with Gasteiger partial charge in [-0.15, -0.1) is 0 Å². The predicted octanol–water partition coefficient (Wildman–Crippen LogP) is 12.0. The van der Waals surface area contributed by atoms with Gasteiger partial charge in [0.25, 0.3) is 0 Å². The van der Waals surface area contributed by atoms with Crippen LogP contribution in [0.15, 0.2) is 0 Å². The minimum Gasteiger partial charge on any atom is -0.465 e. The van der Waals surface area contributed by atoms with Crippen LogP contribution in [0.25, 0.3) is 0 Å². The molecule has 2 unspecified atom stereocenters. The Balaban J connectivity index is 4.00. The number of ether oxygens (including phenoxy) is 1. The number of hydrogen-bond donors (Lipinski definition) is 0. The normalized spacial score (nSPS) is 13.1. The summed E-state index contributed by atoms with van der Waals surface area (Å²) in [5.41, 5.74) is 0. The van der Waals surface area contributed by atoms with Crippen LogP contribution in [-0.4, -0.2) is 12.6 Å². The highest BCUT2D eigenvalue weighted by atomic mass is 16.5. The molecule has 0 spiro atoms. The van der Waals surface area contributed by atoms with Crippen molar-refractivity contribution < 1.29 is 9.53 Å². The van der Waals surface area contributed by atoms with E-state index in [4.69, 9.17) is 4.74 Å². The van der Waals surface area contributed by atoms with Crippen LogP contribution in [0.4, 0.5) is 0 Å². The maximum Gasteiger partial charge on any atom is 0.308 e. The molecule has 2 heteroatoms. The molecule has 0 heterocycles. The van der Waals surface area contributed by atoms with Crippen molar-refractivity contribution >= 4 is 5.97 Å². The highest BCUT2D eigenvalue weighted by Gasteiger charge is 2.17. The number of esters is 1. The fraction of sp³-hybridized carbons (Fsp3) is 0.971. The molecule has 0 rings (SSSR count). The first-order valence-corrected chi connectivity index (χ1v) is 16.8. The molecule has 0 saturated carbocycles. The first-order chi connectivity index (χ1) is 17.7. The number of rotatable bonds is 29. The summed E-state index contributed by atoms with van der Waals surface area (Å²) in [7, 11) is 0. The largest absolute Gasteiger partial charge is 0.465 e. The Hall–Kier alpha value is -0.530. The van der Waals surface area contributed by atoms with E-state index in [0.29, 0.717) is 12.5 Å². The van der Waals surface area contributed by atoms with Crippen molar-refractivity contribution in [2.75, 3.05) is 6.61 Å². The third-order valence-corrected chi connectivity index (χ3v) is 8.04. The van der Waals surface area contributed by atoms with E-state index in [2.05, 4.69) is 20.8 Å². The summed E-state index contributed by atoms with van der Waals surface area (Å²) < 4.78 is 5.81. The van der Waals surface area contributed by atoms with Crippen molar-refractivity contribution in [3.8, 4) is 0 Å². The summed E-state index contributed by atoms with van der Waals surface area (Å²) >= 11 is 0. The van der Waals surface area contributed by atoms with Crippen molar-refractivity contribution in [2.24, 2.45) is 11.8 Å². The lowest BCUT2D eigenvalue weighted by Crippen LogP contribution is -2.19. The molecule has 36 heavy (non-hydrogen) atoms. The zero-order chi connectivity index (χ0) is 26.5. The molecule has 0 aromatic carbocycles. The van der Waals surface area contributed by atoms with Crippen LogP contribution in [0.3, 0.4) is 0 Å². The molecule has 0 bridgehead atoms. The molecule has 0 aliphatic heterocycles. The molecule has 216 valence electrons. The second-order valence-electron chi connectivity index (χ2n) is 11.8. The molecular formula is C34H68O2. The molecule has 0 saturated heterocycles. The van der Waals surface area contributed by atoms with Gasteiger partial charge in [0.1, 0.15) is 0 Å². The van der Waals surface area contributed by atoms with Gasteiger partial charge >= 0.3 is 5.97 Å². The van der Waals surface area contributed by atoms with Gasteiger partial charge in [-0.1, -0.05) is 175 Å². The average Bonchev–Trinajstić information content (AvgIpc) is 2.89. The zero-order valence-electron chi connectivity index (χ0n) is 25.6. The predicted molar refractivity (Wildman–Crippen MR) is 161 cm³/mol. The zero-order valence-corrected chi connectivity index (χ0v) is 25.6. The van der Waals surface area contributed by atoms with Crippen LogP contribution in [-0.2, 0) is 9.53 Å². The van der Waals surface area contributed by atoms with Gasteiger partial charge in [0.2, 0.25) is 0 Å². The van der Waals surface area contributed by atoms with Crippen molar-refractivity contribution in [3.05, 3.63) is 0 Å². The second kappa shape index (κ2) is 29.0. The summed E-state index contributed by atoms with van der Waals surface area (Å²) in [5.74, 6) is 0.667. The van der Waals surface area contributed by atoms with E-state index in [1.54, 1.807) is 0 Å². The fourth-order valence-corrected chi connectivity index (χ4v) is 5.30. The van der Waals surface area contributed by atoms with E-state index in [1.165, 1.54) is 148 Å². The van der Waals surface area contributed by atoms with Crippen LogP contribution in [0.1, 0.15) is 195 Å². The topological polar surface area (TPSA) is 26.3 Å². The third kappa shape index (κ3) is 25.1. The summed E-state index contributed by atoms with van der Waals surface area (Å²) in [6, 6.07) is 0. The minimum atomic E-state index is 0.0368. The standard InChI is InChI=1S/C34H68O2/c1-5-8-11-13-15-17-18-19-20-21-23-25-27-30-33(29-26-24-22-16-14-12-9-6-2)31-36-34(35)32(4)28-10-7-3/h32-33H,5-31H2,1-4H3. The molecule has 0 N–H and O–H groups in total. The smallest absolute Gasteiger partial charge is 0.308 e. The van der Waals surface area contributed by atoms with Gasteiger partial charge in [0.05, 0.1) is 12.5 Å². The van der Waals surface area contributed by atoms with Gasteiger partial charge in [-0.25, -0.2) is 0 Å².